The third-order valence-corrected chi connectivity index (χ3v) is 3.03. The number of methoxy groups -OCH3 is 1. The molecule has 0 aliphatic carbocycles. The Morgan fingerprint density at radius 3 is 2.33 bits per heavy atom. The molecule has 0 aromatic heterocycles. The van der Waals surface area contributed by atoms with E-state index in [0.717, 1.165) is 0 Å². The normalized spacial score (nSPS) is 18.0. The summed E-state index contributed by atoms with van der Waals surface area (Å²) in [5.74, 6) is -1.50. The van der Waals surface area contributed by atoms with Gasteiger partial charge in [-0.05, 0) is 19.8 Å². The largest absolute Gasteiger partial charge is 0.480 e. The number of likely N-dealkylation sites (tertiary alicyclic amines) is 1. The Kier molecular flexibility index (Phi) is 4.94. The van der Waals surface area contributed by atoms with Gasteiger partial charge >= 0.3 is 18.0 Å². The molecule has 2 amide bonds. The molecule has 1 saturated heterocycles. The van der Waals surface area contributed by atoms with Crippen LogP contribution in [0.3, 0.4) is 0 Å². The lowest BCUT2D eigenvalue weighted by molar-refractivity contribution is -0.146. The first kappa shape index (κ1) is 14.3. The lowest BCUT2D eigenvalue weighted by Crippen LogP contribution is -2.49. The molecule has 0 saturated carbocycles. The van der Waals surface area contributed by atoms with Gasteiger partial charge in [-0.1, -0.05) is 0 Å². The number of carbonyl (C=O) groups excluding carboxylic acids is 2. The molecular weight excluding hydrogens is 240 g/mol. The first-order valence-electron chi connectivity index (χ1n) is 5.81. The number of hydrogen-bond donors (Lipinski definition) is 2. The second-order valence-corrected chi connectivity index (χ2v) is 4.29. The molecular formula is C11H18N2O5. The molecule has 0 spiro atoms. The van der Waals surface area contributed by atoms with Crippen LogP contribution in [0.5, 0.6) is 0 Å². The number of rotatable bonds is 3. The summed E-state index contributed by atoms with van der Waals surface area (Å²) in [6.07, 6.45) is 1.09. The highest BCUT2D eigenvalue weighted by molar-refractivity contribution is 5.82. The molecule has 18 heavy (non-hydrogen) atoms. The van der Waals surface area contributed by atoms with Gasteiger partial charge in [0.2, 0.25) is 0 Å². The van der Waals surface area contributed by atoms with Crippen LogP contribution in [-0.4, -0.2) is 54.2 Å². The van der Waals surface area contributed by atoms with Crippen molar-refractivity contribution in [3.8, 4) is 0 Å². The van der Waals surface area contributed by atoms with Gasteiger partial charge in [0.05, 0.1) is 13.0 Å². The number of urea groups is 1. The molecule has 1 aliphatic rings. The molecule has 7 nitrogen and oxygen atoms in total. The van der Waals surface area contributed by atoms with E-state index in [1.165, 1.54) is 18.9 Å². The molecule has 1 atom stereocenters. The number of nitrogens with one attached hydrogen (secondary N) is 1. The monoisotopic (exact) mass is 258 g/mol. The van der Waals surface area contributed by atoms with Crippen LogP contribution in [0.2, 0.25) is 0 Å². The third-order valence-electron chi connectivity index (χ3n) is 3.03. The Labute approximate surface area is 105 Å². The van der Waals surface area contributed by atoms with E-state index in [-0.39, 0.29) is 11.9 Å². The van der Waals surface area contributed by atoms with Crippen LogP contribution < -0.4 is 5.32 Å². The maximum Gasteiger partial charge on any atom is 0.325 e. The molecule has 102 valence electrons. The number of carbonyl (C=O) groups is 3. The molecule has 1 heterocycles. The van der Waals surface area contributed by atoms with Crippen molar-refractivity contribution in [2.75, 3.05) is 20.2 Å². The Balaban J connectivity index is 2.41. The van der Waals surface area contributed by atoms with Crippen LogP contribution in [-0.2, 0) is 14.3 Å². The van der Waals surface area contributed by atoms with Gasteiger partial charge in [-0.15, -0.1) is 0 Å². The molecule has 0 bridgehead atoms. The van der Waals surface area contributed by atoms with E-state index in [0.29, 0.717) is 25.9 Å². The van der Waals surface area contributed by atoms with Crippen LogP contribution in [0, 0.1) is 5.92 Å². The quantitative estimate of drug-likeness (QED) is 0.697. The van der Waals surface area contributed by atoms with E-state index in [1.807, 2.05) is 0 Å². The predicted molar refractivity (Wildman–Crippen MR) is 61.9 cm³/mol. The van der Waals surface area contributed by atoms with Crippen molar-refractivity contribution in [3.05, 3.63) is 0 Å². The highest BCUT2D eigenvalue weighted by Gasteiger charge is 2.28. The Morgan fingerprint density at radius 1 is 1.33 bits per heavy atom. The molecule has 7 heteroatoms. The van der Waals surface area contributed by atoms with Crippen molar-refractivity contribution >= 4 is 18.0 Å². The van der Waals surface area contributed by atoms with Gasteiger partial charge < -0.3 is 20.1 Å². The standard InChI is InChI=1S/C11H18N2O5/c1-7(9(14)15)12-11(17)13-5-3-8(4-6-13)10(16)18-2/h7-8H,3-6H2,1-2H3,(H,12,17)(H,14,15)/t7-/m0/s1. The molecule has 0 aromatic rings. The van der Waals surface area contributed by atoms with Crippen molar-refractivity contribution in [2.24, 2.45) is 5.92 Å². The predicted octanol–water partition coefficient (Wildman–Crippen LogP) is 0.0541. The van der Waals surface area contributed by atoms with Crippen LogP contribution in [0.25, 0.3) is 0 Å². The number of esters is 1. The number of nitrogens with zero attached hydrogens (tertiary/aromatic N) is 1. The summed E-state index contributed by atoms with van der Waals surface area (Å²) in [6.45, 7) is 2.26. The van der Waals surface area contributed by atoms with Gasteiger partial charge in [-0.25, -0.2) is 4.79 Å². The Hall–Kier alpha value is -1.79. The van der Waals surface area contributed by atoms with Gasteiger partial charge in [0.15, 0.2) is 0 Å². The van der Waals surface area contributed by atoms with Gasteiger partial charge in [-0.3, -0.25) is 9.59 Å². The van der Waals surface area contributed by atoms with Crippen molar-refractivity contribution in [3.63, 3.8) is 0 Å². The van der Waals surface area contributed by atoms with E-state index < -0.39 is 18.0 Å². The summed E-state index contributed by atoms with van der Waals surface area (Å²) in [5.41, 5.74) is 0. The minimum atomic E-state index is -1.08. The van der Waals surface area contributed by atoms with Crippen LogP contribution >= 0.6 is 0 Å². The molecule has 1 rings (SSSR count). The number of carboxylic acid groups (broad SMARTS) is 1. The van der Waals surface area contributed by atoms with Crippen LogP contribution in [0.1, 0.15) is 19.8 Å². The molecule has 1 fully saturated rings. The van der Waals surface area contributed by atoms with Crippen molar-refractivity contribution in [1.82, 2.24) is 10.2 Å². The zero-order valence-electron chi connectivity index (χ0n) is 10.5. The van der Waals surface area contributed by atoms with Crippen LogP contribution in [0.4, 0.5) is 4.79 Å². The second-order valence-electron chi connectivity index (χ2n) is 4.29. The Morgan fingerprint density at radius 2 is 1.89 bits per heavy atom. The maximum atomic E-state index is 11.7. The Bertz CT molecular complexity index is 336. The topological polar surface area (TPSA) is 95.9 Å². The highest BCUT2D eigenvalue weighted by Crippen LogP contribution is 2.18. The first-order valence-corrected chi connectivity index (χ1v) is 5.81. The lowest BCUT2D eigenvalue weighted by atomic mass is 9.97. The summed E-state index contributed by atoms with van der Waals surface area (Å²) in [4.78, 5) is 35.1. The van der Waals surface area contributed by atoms with Gasteiger partial charge in [-0.2, -0.15) is 0 Å². The van der Waals surface area contributed by atoms with E-state index in [1.54, 1.807) is 0 Å². The number of ether oxygens (including phenoxy) is 1. The van der Waals surface area contributed by atoms with Crippen molar-refractivity contribution < 1.29 is 24.2 Å². The van der Waals surface area contributed by atoms with E-state index in [9.17, 15) is 14.4 Å². The number of piperidine rings is 1. The van der Waals surface area contributed by atoms with E-state index in [4.69, 9.17) is 5.11 Å². The van der Waals surface area contributed by atoms with Gasteiger partial charge in [0.1, 0.15) is 6.04 Å². The molecule has 1 aliphatic heterocycles. The number of aliphatic carboxylic acids is 1. The van der Waals surface area contributed by atoms with Gasteiger partial charge in [0.25, 0.3) is 0 Å². The van der Waals surface area contributed by atoms with E-state index >= 15 is 0 Å². The summed E-state index contributed by atoms with van der Waals surface area (Å²) in [5, 5.41) is 11.1. The summed E-state index contributed by atoms with van der Waals surface area (Å²) in [7, 11) is 1.34. The summed E-state index contributed by atoms with van der Waals surface area (Å²) >= 11 is 0. The molecule has 0 radical (unpaired) electrons. The van der Waals surface area contributed by atoms with Gasteiger partial charge in [0, 0.05) is 13.1 Å². The zero-order valence-corrected chi connectivity index (χ0v) is 10.5. The smallest absolute Gasteiger partial charge is 0.325 e. The second kappa shape index (κ2) is 6.23. The minimum Gasteiger partial charge on any atom is -0.480 e. The van der Waals surface area contributed by atoms with Crippen molar-refractivity contribution in [2.45, 2.75) is 25.8 Å². The number of carboxylic acids is 1. The summed E-state index contributed by atoms with van der Waals surface area (Å²) in [6, 6.07) is -1.33. The molecule has 0 aromatic carbocycles. The van der Waals surface area contributed by atoms with Crippen molar-refractivity contribution in [1.29, 1.82) is 0 Å². The number of hydrogen-bond acceptors (Lipinski definition) is 4. The fourth-order valence-electron chi connectivity index (χ4n) is 1.82. The van der Waals surface area contributed by atoms with E-state index in [2.05, 4.69) is 10.1 Å². The van der Waals surface area contributed by atoms with Crippen LogP contribution in [0.15, 0.2) is 0 Å². The first-order chi connectivity index (χ1) is 8.45. The fraction of sp³-hybridized carbons (Fsp3) is 0.727. The minimum absolute atomic E-state index is 0.170. The zero-order chi connectivity index (χ0) is 13.7. The SMILES string of the molecule is COC(=O)C1CCN(C(=O)N[C@@H](C)C(=O)O)CC1. The summed E-state index contributed by atoms with van der Waals surface area (Å²) < 4.78 is 4.65. The third kappa shape index (κ3) is 3.61. The number of amides is 2. The fourth-order valence-corrected chi connectivity index (χ4v) is 1.82. The maximum absolute atomic E-state index is 11.7. The molecule has 0 unspecified atom stereocenters. The average molecular weight is 258 g/mol. The molecule has 2 N–H and O–H groups in total. The average Bonchev–Trinajstić information content (AvgIpc) is 2.37. The lowest BCUT2D eigenvalue weighted by Gasteiger charge is -2.31. The highest BCUT2D eigenvalue weighted by atomic mass is 16.5.